The van der Waals surface area contributed by atoms with Gasteiger partial charge in [-0.2, -0.15) is 5.10 Å². The van der Waals surface area contributed by atoms with Crippen LogP contribution in [-0.4, -0.2) is 9.78 Å². The van der Waals surface area contributed by atoms with E-state index in [1.54, 1.807) is 0 Å². The number of nitrogens with zero attached hydrogens (tertiary/aromatic N) is 2. The van der Waals surface area contributed by atoms with Crippen LogP contribution in [0.15, 0.2) is 36.2 Å². The fraction of sp³-hybridized carbons (Fsp3) is 0.500. The quantitative estimate of drug-likeness (QED) is 0.698. The lowest BCUT2D eigenvalue weighted by Gasteiger charge is -2.03. The molecule has 1 heterocycles. The lowest BCUT2D eigenvalue weighted by Crippen LogP contribution is -2.00. The van der Waals surface area contributed by atoms with Gasteiger partial charge in [0.1, 0.15) is 0 Å². The average Bonchev–Trinajstić information content (AvgIpc) is 2.72. The molecular weight excluding hydrogens is 196 g/mol. The molecular formula is C14H24N2. The zero-order valence-electron chi connectivity index (χ0n) is 11.2. The molecule has 1 aromatic rings. The van der Waals surface area contributed by atoms with Crippen molar-refractivity contribution in [3.05, 3.63) is 41.8 Å². The normalized spacial score (nSPS) is 11.4. The smallest absolute Gasteiger partial charge is 0.0622 e. The Labute approximate surface area is 99.7 Å². The van der Waals surface area contributed by atoms with Gasteiger partial charge in [-0.25, -0.2) is 0 Å². The maximum atomic E-state index is 4.26. The second kappa shape index (κ2) is 8.96. The Bertz CT molecular complexity index is 332. The summed E-state index contributed by atoms with van der Waals surface area (Å²) in [6.07, 6.45) is 11.3. The van der Waals surface area contributed by atoms with Crippen LogP contribution < -0.4 is 0 Å². The van der Waals surface area contributed by atoms with Gasteiger partial charge in [0.15, 0.2) is 0 Å². The van der Waals surface area contributed by atoms with Gasteiger partial charge in [0.2, 0.25) is 0 Å². The van der Waals surface area contributed by atoms with Crippen LogP contribution in [-0.2, 0) is 6.54 Å². The first kappa shape index (κ1) is 14.7. The summed E-state index contributed by atoms with van der Waals surface area (Å²) in [5.41, 5.74) is 2.61. The third kappa shape index (κ3) is 5.54. The van der Waals surface area contributed by atoms with Crippen molar-refractivity contribution >= 4 is 0 Å². The van der Waals surface area contributed by atoms with Crippen LogP contribution in [0.2, 0.25) is 0 Å². The summed E-state index contributed by atoms with van der Waals surface area (Å²) in [6.45, 7) is 11.2. The summed E-state index contributed by atoms with van der Waals surface area (Å²) in [4.78, 5) is 0. The van der Waals surface area contributed by atoms with E-state index in [-0.39, 0.29) is 0 Å². The number of hydrogen-bond acceptors (Lipinski definition) is 1. The highest BCUT2D eigenvalue weighted by atomic mass is 15.3. The number of aryl methyl sites for hydroxylation is 1. The Morgan fingerprint density at radius 2 is 2.12 bits per heavy atom. The Kier molecular flexibility index (Phi) is 8.22. The predicted octanol–water partition coefficient (Wildman–Crippen LogP) is 4.13. The number of hydrogen-bond donors (Lipinski definition) is 0. The van der Waals surface area contributed by atoms with Gasteiger partial charge in [0, 0.05) is 6.20 Å². The van der Waals surface area contributed by atoms with Crippen LogP contribution in [0.1, 0.15) is 39.7 Å². The van der Waals surface area contributed by atoms with Crippen molar-refractivity contribution in [2.45, 2.75) is 47.6 Å². The van der Waals surface area contributed by atoms with Crippen molar-refractivity contribution in [3.63, 3.8) is 0 Å². The largest absolute Gasteiger partial charge is 0.268 e. The minimum Gasteiger partial charge on any atom is -0.268 e. The topological polar surface area (TPSA) is 17.8 Å². The van der Waals surface area contributed by atoms with E-state index in [1.807, 2.05) is 37.7 Å². The SMILES string of the molecule is C/C=C\C=C(/CC)Cn1cc(C)cn1.CC. The summed E-state index contributed by atoms with van der Waals surface area (Å²) >= 11 is 0. The van der Waals surface area contributed by atoms with Crippen LogP contribution >= 0.6 is 0 Å². The molecule has 0 radical (unpaired) electrons. The van der Waals surface area contributed by atoms with E-state index in [0.717, 1.165) is 13.0 Å². The highest BCUT2D eigenvalue weighted by molar-refractivity contribution is 5.12. The van der Waals surface area contributed by atoms with Crippen molar-refractivity contribution in [3.8, 4) is 0 Å². The lowest BCUT2D eigenvalue weighted by atomic mass is 10.2. The van der Waals surface area contributed by atoms with Gasteiger partial charge in [-0.3, -0.25) is 4.68 Å². The molecule has 0 aliphatic carbocycles. The molecule has 0 amide bonds. The number of allylic oxidation sites excluding steroid dienone is 4. The maximum absolute atomic E-state index is 4.26. The van der Waals surface area contributed by atoms with Gasteiger partial charge in [-0.05, 0) is 31.4 Å². The minimum absolute atomic E-state index is 0.898. The van der Waals surface area contributed by atoms with Crippen LogP contribution in [0.25, 0.3) is 0 Å². The molecule has 0 atom stereocenters. The van der Waals surface area contributed by atoms with Gasteiger partial charge >= 0.3 is 0 Å². The maximum Gasteiger partial charge on any atom is 0.0622 e. The molecule has 0 bridgehead atoms. The van der Waals surface area contributed by atoms with E-state index in [4.69, 9.17) is 0 Å². The van der Waals surface area contributed by atoms with Crippen LogP contribution in [0.4, 0.5) is 0 Å². The highest BCUT2D eigenvalue weighted by Gasteiger charge is 1.96. The third-order valence-corrected chi connectivity index (χ3v) is 2.11. The molecule has 0 saturated heterocycles. The van der Waals surface area contributed by atoms with Crippen molar-refractivity contribution in [1.29, 1.82) is 0 Å². The predicted molar refractivity (Wildman–Crippen MR) is 71.5 cm³/mol. The molecule has 90 valence electrons. The van der Waals surface area contributed by atoms with Gasteiger partial charge in [0.05, 0.1) is 12.7 Å². The summed E-state index contributed by atoms with van der Waals surface area (Å²) in [5, 5.41) is 4.26. The Balaban J connectivity index is 0.00000106. The second-order valence-corrected chi connectivity index (χ2v) is 3.42. The van der Waals surface area contributed by atoms with Gasteiger partial charge < -0.3 is 0 Å². The van der Waals surface area contributed by atoms with E-state index in [2.05, 4.69) is 37.3 Å². The Hall–Kier alpha value is -1.31. The number of aromatic nitrogens is 2. The monoisotopic (exact) mass is 220 g/mol. The highest BCUT2D eigenvalue weighted by Crippen LogP contribution is 2.05. The molecule has 1 aromatic heterocycles. The molecule has 0 unspecified atom stereocenters. The molecule has 0 aromatic carbocycles. The Morgan fingerprint density at radius 3 is 2.56 bits per heavy atom. The molecule has 1 rings (SSSR count). The first-order valence-electron chi connectivity index (χ1n) is 6.06. The number of rotatable bonds is 4. The van der Waals surface area contributed by atoms with Crippen molar-refractivity contribution in [2.24, 2.45) is 0 Å². The fourth-order valence-corrected chi connectivity index (χ4v) is 1.28. The molecule has 0 aliphatic heterocycles. The summed E-state index contributed by atoms with van der Waals surface area (Å²) in [7, 11) is 0. The molecule has 0 saturated carbocycles. The van der Waals surface area contributed by atoms with Gasteiger partial charge in [-0.15, -0.1) is 0 Å². The van der Waals surface area contributed by atoms with Crippen molar-refractivity contribution in [1.82, 2.24) is 9.78 Å². The standard InChI is InChI=1S/C12H18N2.C2H6/c1-4-6-7-12(5-2)10-14-9-11(3)8-13-14;1-2/h4,6-9H,5,10H2,1-3H3;1-2H3/b6-4-,12-7+;. The van der Waals surface area contributed by atoms with E-state index >= 15 is 0 Å². The fourth-order valence-electron chi connectivity index (χ4n) is 1.28. The lowest BCUT2D eigenvalue weighted by molar-refractivity contribution is 0.662. The Morgan fingerprint density at radius 1 is 1.44 bits per heavy atom. The second-order valence-electron chi connectivity index (χ2n) is 3.42. The first-order valence-corrected chi connectivity index (χ1v) is 6.06. The summed E-state index contributed by atoms with van der Waals surface area (Å²) < 4.78 is 1.98. The first-order chi connectivity index (χ1) is 7.76. The molecule has 16 heavy (non-hydrogen) atoms. The summed E-state index contributed by atoms with van der Waals surface area (Å²) in [6, 6.07) is 0. The van der Waals surface area contributed by atoms with E-state index in [9.17, 15) is 0 Å². The minimum atomic E-state index is 0.898. The average molecular weight is 220 g/mol. The summed E-state index contributed by atoms with van der Waals surface area (Å²) in [5.74, 6) is 0. The molecule has 0 fully saturated rings. The molecule has 0 aliphatic rings. The molecule has 2 heteroatoms. The van der Waals surface area contributed by atoms with Crippen molar-refractivity contribution in [2.75, 3.05) is 0 Å². The van der Waals surface area contributed by atoms with Crippen LogP contribution in [0.3, 0.4) is 0 Å². The molecule has 0 N–H and O–H groups in total. The molecule has 0 spiro atoms. The van der Waals surface area contributed by atoms with E-state index in [1.165, 1.54) is 11.1 Å². The van der Waals surface area contributed by atoms with E-state index in [0.29, 0.717) is 0 Å². The third-order valence-electron chi connectivity index (χ3n) is 2.11. The van der Waals surface area contributed by atoms with Crippen LogP contribution in [0, 0.1) is 6.92 Å². The van der Waals surface area contributed by atoms with E-state index < -0.39 is 0 Å². The zero-order chi connectivity index (χ0) is 12.4. The van der Waals surface area contributed by atoms with Crippen LogP contribution in [0.5, 0.6) is 0 Å². The van der Waals surface area contributed by atoms with Crippen molar-refractivity contribution < 1.29 is 0 Å². The molecule has 2 nitrogen and oxygen atoms in total. The zero-order valence-corrected chi connectivity index (χ0v) is 11.2. The van der Waals surface area contributed by atoms with Gasteiger partial charge in [-0.1, -0.05) is 39.0 Å². The van der Waals surface area contributed by atoms with Gasteiger partial charge in [0.25, 0.3) is 0 Å².